The number of nitrogens with zero attached hydrogens (tertiary/aromatic N) is 1. The van der Waals surface area contributed by atoms with Crippen molar-refractivity contribution < 1.29 is 0 Å². The molecule has 128 valence electrons. The summed E-state index contributed by atoms with van der Waals surface area (Å²) in [5.74, 6) is 0. The van der Waals surface area contributed by atoms with Crippen LogP contribution >= 0.6 is 0 Å². The van der Waals surface area contributed by atoms with Crippen molar-refractivity contribution in [3.05, 3.63) is 102 Å². The number of hydrogen-bond acceptors (Lipinski definition) is 1. The van der Waals surface area contributed by atoms with Gasteiger partial charge >= 0.3 is 0 Å². The van der Waals surface area contributed by atoms with Crippen molar-refractivity contribution in [2.24, 2.45) is 0 Å². The molecule has 3 aromatic rings. The zero-order chi connectivity index (χ0) is 17.7. The van der Waals surface area contributed by atoms with Crippen molar-refractivity contribution in [1.82, 2.24) is 0 Å². The summed E-state index contributed by atoms with van der Waals surface area (Å²) >= 11 is 0. The first-order valence-electron chi connectivity index (χ1n) is 8.96. The molecule has 0 spiro atoms. The van der Waals surface area contributed by atoms with Crippen molar-refractivity contribution in [3.8, 4) is 0 Å². The Kier molecular flexibility index (Phi) is 5.23. The molecule has 0 atom stereocenters. The van der Waals surface area contributed by atoms with Gasteiger partial charge in [-0.25, -0.2) is 0 Å². The molecular weight excluding hydrogens is 302 g/mol. The summed E-state index contributed by atoms with van der Waals surface area (Å²) in [4.78, 5) is 2.46. The lowest BCUT2D eigenvalue weighted by atomic mass is 9.87. The van der Waals surface area contributed by atoms with Gasteiger partial charge in [0.1, 0.15) is 0 Å². The molecule has 0 N–H and O–H groups in total. The van der Waals surface area contributed by atoms with Crippen LogP contribution in [0.5, 0.6) is 0 Å². The van der Waals surface area contributed by atoms with Crippen LogP contribution in [0.2, 0.25) is 0 Å². The second-order valence-corrected chi connectivity index (χ2v) is 7.63. The third-order valence-electron chi connectivity index (χ3n) is 4.51. The number of rotatable bonds is 5. The molecule has 0 aliphatic carbocycles. The summed E-state index contributed by atoms with van der Waals surface area (Å²) in [5.41, 5.74) is 5.47. The van der Waals surface area contributed by atoms with Crippen LogP contribution in [0, 0.1) is 0 Å². The zero-order valence-corrected chi connectivity index (χ0v) is 15.4. The quantitative estimate of drug-likeness (QED) is 0.539. The Bertz CT molecular complexity index is 744. The van der Waals surface area contributed by atoms with Crippen LogP contribution in [0.4, 0.5) is 5.69 Å². The molecule has 0 amide bonds. The maximum absolute atomic E-state index is 2.46. The Labute approximate surface area is 151 Å². The Morgan fingerprint density at radius 1 is 0.640 bits per heavy atom. The fourth-order valence-corrected chi connectivity index (χ4v) is 3.02. The first kappa shape index (κ1) is 17.3. The molecule has 1 nitrogen and oxygen atoms in total. The van der Waals surface area contributed by atoms with Gasteiger partial charge in [0.25, 0.3) is 0 Å². The minimum atomic E-state index is 0.154. The van der Waals surface area contributed by atoms with Gasteiger partial charge in [0.2, 0.25) is 0 Å². The molecule has 0 aliphatic heterocycles. The van der Waals surface area contributed by atoms with E-state index >= 15 is 0 Å². The number of anilines is 1. The smallest absolute Gasteiger partial charge is 0.0433 e. The van der Waals surface area contributed by atoms with Crippen LogP contribution in [0.25, 0.3) is 0 Å². The molecule has 0 unspecified atom stereocenters. The van der Waals surface area contributed by atoms with E-state index in [1.807, 2.05) is 0 Å². The van der Waals surface area contributed by atoms with Crippen LogP contribution in [-0.2, 0) is 18.5 Å². The number of benzene rings is 3. The molecule has 0 aromatic heterocycles. The summed E-state index contributed by atoms with van der Waals surface area (Å²) in [6.45, 7) is 8.62. The molecular formula is C24H27N. The summed E-state index contributed by atoms with van der Waals surface area (Å²) < 4.78 is 0. The summed E-state index contributed by atoms with van der Waals surface area (Å²) in [7, 11) is 0. The van der Waals surface area contributed by atoms with Gasteiger partial charge in [-0.2, -0.15) is 0 Å². The average Bonchev–Trinajstić information content (AvgIpc) is 2.62. The van der Waals surface area contributed by atoms with E-state index in [1.54, 1.807) is 0 Å². The van der Waals surface area contributed by atoms with Crippen LogP contribution in [0.1, 0.15) is 37.5 Å². The van der Waals surface area contributed by atoms with Crippen molar-refractivity contribution >= 4 is 5.69 Å². The van der Waals surface area contributed by atoms with Crippen LogP contribution in [0.15, 0.2) is 84.9 Å². The van der Waals surface area contributed by atoms with Gasteiger partial charge in [0.05, 0.1) is 0 Å². The molecule has 0 bridgehead atoms. The molecule has 1 heteroatoms. The summed E-state index contributed by atoms with van der Waals surface area (Å²) in [6, 6.07) is 30.4. The molecule has 3 rings (SSSR count). The lowest BCUT2D eigenvalue weighted by Gasteiger charge is -2.28. The standard InChI is InChI=1S/C24H27N/c1-24(2,3)22-15-10-16-23(17-22)25(18-20-11-6-4-7-12-20)19-21-13-8-5-9-14-21/h4-17H,18-19H2,1-3H3. The van der Waals surface area contributed by atoms with Crippen molar-refractivity contribution in [3.63, 3.8) is 0 Å². The Hall–Kier alpha value is -2.54. The Morgan fingerprint density at radius 2 is 1.16 bits per heavy atom. The molecule has 0 saturated heterocycles. The molecule has 3 aromatic carbocycles. The van der Waals surface area contributed by atoms with E-state index in [2.05, 4.69) is 111 Å². The number of hydrogen-bond donors (Lipinski definition) is 0. The van der Waals surface area contributed by atoms with Crippen molar-refractivity contribution in [2.75, 3.05) is 4.90 Å². The van der Waals surface area contributed by atoms with E-state index < -0.39 is 0 Å². The highest BCUT2D eigenvalue weighted by atomic mass is 15.1. The second-order valence-electron chi connectivity index (χ2n) is 7.63. The second kappa shape index (κ2) is 7.57. The zero-order valence-electron chi connectivity index (χ0n) is 15.4. The van der Waals surface area contributed by atoms with Gasteiger partial charge in [-0.3, -0.25) is 0 Å². The largest absolute Gasteiger partial charge is 0.363 e. The molecule has 0 heterocycles. The fraction of sp³-hybridized carbons (Fsp3) is 0.250. The molecule has 0 aliphatic rings. The van der Waals surface area contributed by atoms with Crippen LogP contribution in [0.3, 0.4) is 0 Å². The highest BCUT2D eigenvalue weighted by Gasteiger charge is 2.16. The van der Waals surface area contributed by atoms with Crippen LogP contribution < -0.4 is 4.90 Å². The van der Waals surface area contributed by atoms with Gasteiger partial charge in [-0.05, 0) is 34.2 Å². The Balaban J connectivity index is 1.93. The lowest BCUT2D eigenvalue weighted by Crippen LogP contribution is -2.23. The Morgan fingerprint density at radius 3 is 1.64 bits per heavy atom. The average molecular weight is 329 g/mol. The molecule has 0 fully saturated rings. The maximum Gasteiger partial charge on any atom is 0.0433 e. The first-order chi connectivity index (χ1) is 12.0. The SMILES string of the molecule is CC(C)(C)c1cccc(N(Cc2ccccc2)Cc2ccccc2)c1. The minimum absolute atomic E-state index is 0.154. The third kappa shape index (κ3) is 4.73. The first-order valence-corrected chi connectivity index (χ1v) is 8.96. The summed E-state index contributed by atoms with van der Waals surface area (Å²) in [6.07, 6.45) is 0. The summed E-state index contributed by atoms with van der Waals surface area (Å²) in [5, 5.41) is 0. The van der Waals surface area contributed by atoms with Gasteiger partial charge in [0.15, 0.2) is 0 Å². The van der Waals surface area contributed by atoms with Gasteiger partial charge < -0.3 is 4.90 Å². The molecule has 0 saturated carbocycles. The highest BCUT2D eigenvalue weighted by Crippen LogP contribution is 2.28. The lowest BCUT2D eigenvalue weighted by molar-refractivity contribution is 0.589. The van der Waals surface area contributed by atoms with Crippen molar-refractivity contribution in [2.45, 2.75) is 39.3 Å². The van der Waals surface area contributed by atoms with Crippen LogP contribution in [-0.4, -0.2) is 0 Å². The maximum atomic E-state index is 2.46. The fourth-order valence-electron chi connectivity index (χ4n) is 3.02. The van der Waals surface area contributed by atoms with Crippen molar-refractivity contribution in [1.29, 1.82) is 0 Å². The normalized spacial score (nSPS) is 11.3. The van der Waals surface area contributed by atoms with E-state index in [0.29, 0.717) is 0 Å². The monoisotopic (exact) mass is 329 g/mol. The predicted molar refractivity (Wildman–Crippen MR) is 108 cm³/mol. The van der Waals surface area contributed by atoms with E-state index in [0.717, 1.165) is 13.1 Å². The van der Waals surface area contributed by atoms with Gasteiger partial charge in [-0.1, -0.05) is 93.6 Å². The van der Waals surface area contributed by atoms with E-state index in [4.69, 9.17) is 0 Å². The van der Waals surface area contributed by atoms with E-state index in [9.17, 15) is 0 Å². The van der Waals surface area contributed by atoms with E-state index in [-0.39, 0.29) is 5.41 Å². The van der Waals surface area contributed by atoms with Gasteiger partial charge in [-0.15, -0.1) is 0 Å². The minimum Gasteiger partial charge on any atom is -0.363 e. The molecule has 25 heavy (non-hydrogen) atoms. The molecule has 0 radical (unpaired) electrons. The topological polar surface area (TPSA) is 3.24 Å². The predicted octanol–water partition coefficient (Wildman–Crippen LogP) is 6.19. The third-order valence-corrected chi connectivity index (χ3v) is 4.51. The van der Waals surface area contributed by atoms with Gasteiger partial charge in [0, 0.05) is 18.8 Å². The highest BCUT2D eigenvalue weighted by molar-refractivity contribution is 5.51. The van der Waals surface area contributed by atoms with E-state index in [1.165, 1.54) is 22.4 Å².